The lowest BCUT2D eigenvalue weighted by Gasteiger charge is -2.37. The lowest BCUT2D eigenvalue weighted by molar-refractivity contribution is -0.123. The number of hydrogen-bond acceptors (Lipinski definition) is 7. The minimum Gasteiger partial charge on any atom is -0.366 e. The summed E-state index contributed by atoms with van der Waals surface area (Å²) in [5, 5.41) is 0. The van der Waals surface area contributed by atoms with Crippen LogP contribution in [-0.4, -0.2) is 56.7 Å². The summed E-state index contributed by atoms with van der Waals surface area (Å²) in [6, 6.07) is 10.4. The lowest BCUT2D eigenvalue weighted by Crippen LogP contribution is -2.47. The van der Waals surface area contributed by atoms with E-state index in [4.69, 9.17) is 17.2 Å². The Morgan fingerprint density at radius 1 is 1.11 bits per heavy atom. The van der Waals surface area contributed by atoms with E-state index in [1.165, 1.54) is 22.2 Å². The molecular weight excluding hydrogens is 509 g/mol. The molecule has 0 N–H and O–H groups in total. The Balaban J connectivity index is 1.55. The van der Waals surface area contributed by atoms with Crippen molar-refractivity contribution < 1.29 is 9.18 Å². The molecule has 2 fully saturated rings. The van der Waals surface area contributed by atoms with Crippen LogP contribution in [0, 0.1) is 12.7 Å². The number of halogens is 1. The second kappa shape index (κ2) is 10.3. The summed E-state index contributed by atoms with van der Waals surface area (Å²) in [7, 11) is 0. The van der Waals surface area contributed by atoms with Crippen LogP contribution in [-0.2, 0) is 4.79 Å². The van der Waals surface area contributed by atoms with Crippen molar-refractivity contribution >= 4 is 57.4 Å². The van der Waals surface area contributed by atoms with E-state index in [0.29, 0.717) is 58.1 Å². The SMILES string of the molecule is CCC(C)N1C(=O)/C(=C/c2c(N3CCN(c4ccccc4F)CC3)nc3c(C)cccn3c2=O)SC1=S. The standard InChI is InChI=1S/C27H28FN5O2S2/c1-4-18(3)33-26(35)22(37-27(33)36)16-19-24(29-23-17(2)8-7-11-32(23)25(19)34)31-14-12-30(13-15-31)21-10-6-5-9-20(21)28/h5-11,16,18H,4,12-15H2,1-3H3/b22-16-. The first-order chi connectivity index (χ1) is 17.8. The van der Waals surface area contributed by atoms with Crippen LogP contribution in [0.2, 0.25) is 0 Å². The minimum absolute atomic E-state index is 0.0252. The van der Waals surface area contributed by atoms with Crippen LogP contribution < -0.4 is 15.4 Å². The summed E-state index contributed by atoms with van der Waals surface area (Å²) >= 11 is 6.71. The Kier molecular flexibility index (Phi) is 7.04. The average molecular weight is 538 g/mol. The van der Waals surface area contributed by atoms with Crippen LogP contribution >= 0.6 is 24.0 Å². The highest BCUT2D eigenvalue weighted by Crippen LogP contribution is 2.35. The summed E-state index contributed by atoms with van der Waals surface area (Å²) in [6.45, 7) is 8.14. The Morgan fingerprint density at radius 3 is 2.51 bits per heavy atom. The van der Waals surface area contributed by atoms with Gasteiger partial charge >= 0.3 is 0 Å². The van der Waals surface area contributed by atoms with Crippen LogP contribution in [0.1, 0.15) is 31.4 Å². The predicted molar refractivity (Wildman–Crippen MR) is 152 cm³/mol. The Bertz CT molecular complexity index is 1480. The molecule has 4 heterocycles. The number of pyridine rings is 1. The van der Waals surface area contributed by atoms with Gasteiger partial charge in [-0.15, -0.1) is 0 Å². The predicted octanol–water partition coefficient (Wildman–Crippen LogP) is 4.47. The van der Waals surface area contributed by atoms with Gasteiger partial charge in [0.25, 0.3) is 11.5 Å². The summed E-state index contributed by atoms with van der Waals surface area (Å²) in [6.07, 6.45) is 4.11. The third-order valence-electron chi connectivity index (χ3n) is 6.97. The third kappa shape index (κ3) is 4.64. The van der Waals surface area contributed by atoms with Gasteiger partial charge in [0.15, 0.2) is 0 Å². The second-order valence-corrected chi connectivity index (χ2v) is 10.9. The zero-order valence-electron chi connectivity index (χ0n) is 21.0. The van der Waals surface area contributed by atoms with Gasteiger partial charge in [-0.05, 0) is 50.1 Å². The van der Waals surface area contributed by atoms with E-state index in [1.54, 1.807) is 29.3 Å². The molecule has 0 spiro atoms. The molecule has 0 radical (unpaired) electrons. The van der Waals surface area contributed by atoms with Crippen LogP contribution in [0.25, 0.3) is 11.7 Å². The van der Waals surface area contributed by atoms with E-state index in [0.717, 1.165) is 12.0 Å². The van der Waals surface area contributed by atoms with E-state index < -0.39 is 0 Å². The third-order valence-corrected chi connectivity index (χ3v) is 8.30. The number of thioether (sulfide) groups is 1. The number of nitrogens with zero attached hydrogens (tertiary/aromatic N) is 5. The molecule has 1 amide bonds. The number of hydrogen-bond donors (Lipinski definition) is 0. The number of thiocarbonyl (C=S) groups is 1. The molecule has 1 aromatic carbocycles. The summed E-state index contributed by atoms with van der Waals surface area (Å²) in [5.41, 5.74) is 2.13. The highest BCUT2D eigenvalue weighted by molar-refractivity contribution is 8.26. The Hall–Kier alpha value is -3.24. The van der Waals surface area contributed by atoms with E-state index in [1.807, 2.05) is 48.8 Å². The van der Waals surface area contributed by atoms with E-state index in [2.05, 4.69) is 0 Å². The molecule has 2 aliphatic heterocycles. The normalized spacial score (nSPS) is 18.4. The van der Waals surface area contributed by atoms with Gasteiger partial charge in [-0.2, -0.15) is 0 Å². The Labute approximate surface area is 224 Å². The quantitative estimate of drug-likeness (QED) is 0.352. The molecular formula is C27H28FN5O2S2. The van der Waals surface area contributed by atoms with Crippen molar-refractivity contribution in [2.24, 2.45) is 0 Å². The number of aryl methyl sites for hydroxylation is 1. The molecule has 5 rings (SSSR count). The fourth-order valence-corrected chi connectivity index (χ4v) is 6.15. The van der Waals surface area contributed by atoms with Crippen molar-refractivity contribution in [3.05, 3.63) is 74.8 Å². The van der Waals surface area contributed by atoms with Crippen molar-refractivity contribution in [2.75, 3.05) is 36.0 Å². The maximum Gasteiger partial charge on any atom is 0.267 e. The molecule has 2 saturated heterocycles. The minimum atomic E-state index is -0.252. The van der Waals surface area contributed by atoms with Crippen LogP contribution in [0.15, 0.2) is 52.3 Å². The largest absolute Gasteiger partial charge is 0.366 e. The highest BCUT2D eigenvalue weighted by atomic mass is 32.2. The van der Waals surface area contributed by atoms with Gasteiger partial charge in [0, 0.05) is 38.4 Å². The number of benzene rings is 1. The number of para-hydroxylation sites is 1. The van der Waals surface area contributed by atoms with E-state index >= 15 is 0 Å². The van der Waals surface area contributed by atoms with Crippen molar-refractivity contribution in [1.82, 2.24) is 14.3 Å². The maximum absolute atomic E-state index is 14.4. The number of carbonyl (C=O) groups is 1. The maximum atomic E-state index is 14.4. The van der Waals surface area contributed by atoms with Crippen molar-refractivity contribution in [3.8, 4) is 0 Å². The molecule has 0 aliphatic carbocycles. The average Bonchev–Trinajstić information content (AvgIpc) is 3.18. The first kappa shape index (κ1) is 25.4. The van der Waals surface area contributed by atoms with Gasteiger partial charge in [0.1, 0.15) is 21.6 Å². The molecule has 1 unspecified atom stereocenters. The first-order valence-corrected chi connectivity index (χ1v) is 13.6. The molecule has 2 aliphatic rings. The summed E-state index contributed by atoms with van der Waals surface area (Å²) in [4.78, 5) is 38.0. The monoisotopic (exact) mass is 537 g/mol. The first-order valence-electron chi connectivity index (χ1n) is 12.3. The Morgan fingerprint density at radius 2 is 1.81 bits per heavy atom. The van der Waals surface area contributed by atoms with Crippen molar-refractivity contribution in [2.45, 2.75) is 33.2 Å². The van der Waals surface area contributed by atoms with Crippen LogP contribution in [0.4, 0.5) is 15.9 Å². The molecule has 0 saturated carbocycles. The topological polar surface area (TPSA) is 61.2 Å². The molecule has 2 aromatic heterocycles. The molecule has 10 heteroatoms. The summed E-state index contributed by atoms with van der Waals surface area (Å²) < 4.78 is 16.4. The number of piperazine rings is 1. The van der Waals surface area contributed by atoms with E-state index in [-0.39, 0.29) is 23.3 Å². The molecule has 37 heavy (non-hydrogen) atoms. The molecule has 7 nitrogen and oxygen atoms in total. The van der Waals surface area contributed by atoms with Gasteiger partial charge in [0.2, 0.25) is 0 Å². The number of anilines is 2. The van der Waals surface area contributed by atoms with Crippen molar-refractivity contribution in [1.29, 1.82) is 0 Å². The number of aromatic nitrogens is 2. The van der Waals surface area contributed by atoms with Gasteiger partial charge in [-0.25, -0.2) is 9.37 Å². The van der Waals surface area contributed by atoms with Gasteiger partial charge in [-0.1, -0.05) is 49.1 Å². The van der Waals surface area contributed by atoms with E-state index in [9.17, 15) is 14.0 Å². The van der Waals surface area contributed by atoms with Gasteiger partial charge < -0.3 is 9.80 Å². The molecule has 192 valence electrons. The van der Waals surface area contributed by atoms with Gasteiger partial charge in [-0.3, -0.25) is 18.9 Å². The fraction of sp³-hybridized carbons (Fsp3) is 0.333. The molecule has 3 aromatic rings. The zero-order chi connectivity index (χ0) is 26.3. The smallest absolute Gasteiger partial charge is 0.267 e. The number of carbonyl (C=O) groups excluding carboxylic acids is 1. The molecule has 1 atom stereocenters. The van der Waals surface area contributed by atoms with Crippen LogP contribution in [0.3, 0.4) is 0 Å². The molecule has 0 bridgehead atoms. The highest BCUT2D eigenvalue weighted by Gasteiger charge is 2.35. The van der Waals surface area contributed by atoms with Crippen molar-refractivity contribution in [3.63, 3.8) is 0 Å². The number of rotatable bonds is 5. The number of amides is 1. The van der Waals surface area contributed by atoms with Crippen LogP contribution in [0.5, 0.6) is 0 Å². The number of fused-ring (bicyclic) bond motifs is 1. The lowest BCUT2D eigenvalue weighted by atomic mass is 10.1. The second-order valence-electron chi connectivity index (χ2n) is 9.27. The zero-order valence-corrected chi connectivity index (χ0v) is 22.6. The fourth-order valence-electron chi connectivity index (χ4n) is 4.71. The summed E-state index contributed by atoms with van der Waals surface area (Å²) in [5.74, 6) is 0.0902. The van der Waals surface area contributed by atoms with Gasteiger partial charge in [0.05, 0.1) is 16.2 Å².